The van der Waals surface area contributed by atoms with E-state index < -0.39 is 21.0 Å². The number of halogens is 5. The highest BCUT2D eigenvalue weighted by Gasteiger charge is 2.65. The van der Waals surface area contributed by atoms with Crippen molar-refractivity contribution in [1.82, 2.24) is 24.9 Å². The van der Waals surface area contributed by atoms with Crippen LogP contribution < -0.4 is 5.32 Å². The van der Waals surface area contributed by atoms with Gasteiger partial charge >= 0.3 is 10.2 Å². The Morgan fingerprint density at radius 2 is 1.73 bits per heavy atom. The molecule has 0 radical (unpaired) electrons. The van der Waals surface area contributed by atoms with Crippen molar-refractivity contribution in [2.45, 2.75) is 18.4 Å². The molecule has 2 saturated heterocycles. The predicted octanol–water partition coefficient (Wildman–Crippen LogP) is 4.84. The topological polar surface area (TPSA) is 79.7 Å². The number of benzene rings is 2. The summed E-state index contributed by atoms with van der Waals surface area (Å²) in [5, 5.41) is 8.36. The molecule has 8 nitrogen and oxygen atoms in total. The normalized spacial score (nSPS) is 18.7. The molecule has 5 rings (SSSR count). The van der Waals surface area contributed by atoms with E-state index in [4.69, 9.17) is 4.74 Å². The molecule has 40 heavy (non-hydrogen) atoms. The van der Waals surface area contributed by atoms with E-state index in [9.17, 15) is 29.0 Å². The summed E-state index contributed by atoms with van der Waals surface area (Å²) in [4.78, 5) is 27.1. The number of hydrogen-bond donors (Lipinski definition) is 1. The SMILES string of the molecule is Cc1cc2nn(CC3CN(C(=O)c4ccc(S(F)(F)(F)(F)F)cc4)C3)cc2cc1C(=O)NCCN1CCOCC1. The van der Waals surface area contributed by atoms with Crippen LogP contribution in [0.5, 0.6) is 0 Å². The summed E-state index contributed by atoms with van der Waals surface area (Å²) in [5.74, 6) is -0.607. The van der Waals surface area contributed by atoms with Crippen molar-refractivity contribution in [3.8, 4) is 0 Å². The number of rotatable bonds is 8. The molecule has 1 aromatic heterocycles. The number of aromatic nitrogens is 2. The summed E-state index contributed by atoms with van der Waals surface area (Å²) in [6.45, 7) is 7.46. The zero-order valence-corrected chi connectivity index (χ0v) is 22.6. The van der Waals surface area contributed by atoms with Crippen LogP contribution in [-0.2, 0) is 11.3 Å². The molecule has 0 aliphatic carbocycles. The molecule has 2 aliphatic heterocycles. The van der Waals surface area contributed by atoms with Gasteiger partial charge in [0.2, 0.25) is 0 Å². The molecule has 0 unspecified atom stereocenters. The van der Waals surface area contributed by atoms with Gasteiger partial charge in [-0.2, -0.15) is 5.10 Å². The minimum atomic E-state index is -9.78. The second-order valence-electron chi connectivity index (χ2n) is 10.4. The molecule has 3 heterocycles. The van der Waals surface area contributed by atoms with Gasteiger partial charge in [0, 0.05) is 74.4 Å². The molecule has 0 saturated carbocycles. The fraction of sp³-hybridized carbons (Fsp3) is 0.423. The van der Waals surface area contributed by atoms with Crippen molar-refractivity contribution in [3.63, 3.8) is 0 Å². The van der Waals surface area contributed by atoms with Crippen LogP contribution in [0.4, 0.5) is 19.4 Å². The number of ether oxygens (including phenoxy) is 1. The summed E-state index contributed by atoms with van der Waals surface area (Å²) >= 11 is 0. The Morgan fingerprint density at radius 1 is 1.05 bits per heavy atom. The van der Waals surface area contributed by atoms with Crippen LogP contribution in [0.25, 0.3) is 10.9 Å². The van der Waals surface area contributed by atoms with E-state index in [0.717, 1.165) is 48.2 Å². The van der Waals surface area contributed by atoms with Gasteiger partial charge in [-0.25, -0.2) is 0 Å². The lowest BCUT2D eigenvalue weighted by molar-refractivity contribution is 0.0383. The number of likely N-dealkylation sites (tertiary alicyclic amines) is 1. The number of aryl methyl sites for hydroxylation is 1. The summed E-state index contributed by atoms with van der Waals surface area (Å²) in [7, 11) is -9.78. The second-order valence-corrected chi connectivity index (χ2v) is 12.8. The molecular formula is C26H30F5N5O3S. The van der Waals surface area contributed by atoms with Gasteiger partial charge in [0.15, 0.2) is 0 Å². The third kappa shape index (κ3) is 6.39. The maximum atomic E-state index is 12.9. The standard InChI is InChI=1S/C26H30F5N5O3S/c1-18-12-24-21(13-23(18)25(37)32-6-7-34-8-10-39-11-9-34)17-36(33-24)16-19-14-35(15-19)26(38)20-2-4-22(5-3-20)40(27,28,29,30)31/h2-5,12-13,17,19H,6-11,14-16H2,1H3,(H,32,37). The lowest BCUT2D eigenvalue weighted by atomic mass is 9.99. The van der Waals surface area contributed by atoms with E-state index in [-0.39, 0.29) is 29.5 Å². The summed E-state index contributed by atoms with van der Waals surface area (Å²) in [6, 6.07) is 5.73. The van der Waals surface area contributed by atoms with Gasteiger partial charge in [-0.3, -0.25) is 19.2 Å². The van der Waals surface area contributed by atoms with Crippen LogP contribution >= 0.6 is 10.2 Å². The Kier molecular flexibility index (Phi) is 6.86. The van der Waals surface area contributed by atoms with Gasteiger partial charge < -0.3 is 15.0 Å². The third-order valence-electron chi connectivity index (χ3n) is 7.20. The number of nitrogens with one attached hydrogen (secondary N) is 1. The molecule has 1 N–H and O–H groups in total. The van der Waals surface area contributed by atoms with Gasteiger partial charge in [-0.1, -0.05) is 19.4 Å². The fourth-order valence-corrected chi connectivity index (χ4v) is 5.62. The molecule has 0 spiro atoms. The molecular weight excluding hydrogens is 557 g/mol. The van der Waals surface area contributed by atoms with E-state index in [1.807, 2.05) is 25.3 Å². The van der Waals surface area contributed by atoms with E-state index in [1.54, 1.807) is 4.68 Å². The average Bonchev–Trinajstić information content (AvgIpc) is 3.25. The van der Waals surface area contributed by atoms with Gasteiger partial charge in [-0.15, -0.1) is 0 Å². The van der Waals surface area contributed by atoms with E-state index in [0.29, 0.717) is 45.0 Å². The molecule has 218 valence electrons. The Morgan fingerprint density at radius 3 is 2.38 bits per heavy atom. The Hall–Kier alpha value is -3.23. The van der Waals surface area contributed by atoms with Gasteiger partial charge in [0.05, 0.1) is 18.7 Å². The minimum Gasteiger partial charge on any atom is -0.379 e. The lowest BCUT2D eigenvalue weighted by Gasteiger charge is -2.41. The quantitative estimate of drug-likeness (QED) is 0.382. The Bertz CT molecular complexity index is 1430. The summed E-state index contributed by atoms with van der Waals surface area (Å²) in [5.41, 5.74) is 2.03. The second kappa shape index (κ2) is 9.70. The Balaban J connectivity index is 1.15. The number of amides is 2. The number of fused-ring (bicyclic) bond motifs is 1. The molecule has 0 bridgehead atoms. The van der Waals surface area contributed by atoms with Gasteiger partial charge in [0.1, 0.15) is 4.90 Å². The molecule has 0 atom stereocenters. The number of carbonyl (C=O) groups is 2. The van der Waals surface area contributed by atoms with Gasteiger partial charge in [0.25, 0.3) is 11.8 Å². The highest BCUT2D eigenvalue weighted by molar-refractivity contribution is 8.45. The highest BCUT2D eigenvalue weighted by atomic mass is 32.5. The van der Waals surface area contributed by atoms with E-state index in [2.05, 4.69) is 15.3 Å². The van der Waals surface area contributed by atoms with Crippen LogP contribution in [0.15, 0.2) is 47.5 Å². The number of carbonyl (C=O) groups excluding carboxylic acids is 2. The fourth-order valence-electron chi connectivity index (χ4n) is 4.97. The zero-order valence-electron chi connectivity index (χ0n) is 21.8. The van der Waals surface area contributed by atoms with Crippen LogP contribution in [0.1, 0.15) is 26.3 Å². The van der Waals surface area contributed by atoms with Crippen molar-refractivity contribution in [1.29, 1.82) is 0 Å². The largest absolute Gasteiger partial charge is 0.379 e. The zero-order chi connectivity index (χ0) is 28.8. The first-order valence-corrected chi connectivity index (χ1v) is 14.8. The monoisotopic (exact) mass is 587 g/mol. The van der Waals surface area contributed by atoms with Crippen LogP contribution in [0, 0.1) is 12.8 Å². The van der Waals surface area contributed by atoms with Crippen molar-refractivity contribution in [2.75, 3.05) is 52.5 Å². The molecule has 2 fully saturated rings. The van der Waals surface area contributed by atoms with Crippen LogP contribution in [0.3, 0.4) is 0 Å². The Labute approximate surface area is 227 Å². The van der Waals surface area contributed by atoms with E-state index >= 15 is 0 Å². The predicted molar refractivity (Wildman–Crippen MR) is 141 cm³/mol. The first-order valence-electron chi connectivity index (χ1n) is 12.9. The smallest absolute Gasteiger partial charge is 0.310 e. The first kappa shape index (κ1) is 28.3. The van der Waals surface area contributed by atoms with Crippen molar-refractivity contribution >= 4 is 32.9 Å². The van der Waals surface area contributed by atoms with Crippen molar-refractivity contribution in [2.24, 2.45) is 5.92 Å². The first-order chi connectivity index (χ1) is 18.7. The highest BCUT2D eigenvalue weighted by Crippen LogP contribution is 3.02. The van der Waals surface area contributed by atoms with Crippen molar-refractivity contribution < 1.29 is 33.8 Å². The van der Waals surface area contributed by atoms with Crippen LogP contribution in [0.2, 0.25) is 0 Å². The maximum Gasteiger partial charge on any atom is 0.310 e. The minimum absolute atomic E-state index is 0.0614. The number of nitrogens with zero attached hydrogens (tertiary/aromatic N) is 4. The van der Waals surface area contributed by atoms with Crippen LogP contribution in [-0.4, -0.2) is 83.9 Å². The molecule has 3 aromatic rings. The molecule has 14 heteroatoms. The average molecular weight is 588 g/mol. The molecule has 2 aromatic carbocycles. The third-order valence-corrected chi connectivity index (χ3v) is 8.36. The van der Waals surface area contributed by atoms with E-state index in [1.165, 1.54) is 4.90 Å². The van der Waals surface area contributed by atoms with Gasteiger partial charge in [-0.05, 0) is 48.9 Å². The number of morpholine rings is 1. The molecule has 2 amide bonds. The van der Waals surface area contributed by atoms with Crippen molar-refractivity contribution in [3.05, 3.63) is 59.3 Å². The molecule has 2 aliphatic rings. The number of hydrogen-bond acceptors (Lipinski definition) is 5. The summed E-state index contributed by atoms with van der Waals surface area (Å²) in [6.07, 6.45) is 1.84. The summed E-state index contributed by atoms with van der Waals surface area (Å²) < 4.78 is 71.7. The lowest BCUT2D eigenvalue weighted by Crippen LogP contribution is -2.51. The maximum absolute atomic E-state index is 12.9.